The number of fused-ring (bicyclic) bond motifs is 1. The van der Waals surface area contributed by atoms with Crippen molar-refractivity contribution < 1.29 is 4.79 Å². The van der Waals surface area contributed by atoms with Gasteiger partial charge in [-0.3, -0.25) is 9.69 Å². The Morgan fingerprint density at radius 1 is 1.52 bits per heavy atom. The summed E-state index contributed by atoms with van der Waals surface area (Å²) in [5, 5.41) is 3.72. The summed E-state index contributed by atoms with van der Waals surface area (Å²) in [7, 11) is 3.99. The summed E-state index contributed by atoms with van der Waals surface area (Å²) in [6.45, 7) is 3.54. The fraction of sp³-hybridized carbons (Fsp3) is 0.611. The first kappa shape index (κ1) is 18.1. The van der Waals surface area contributed by atoms with Gasteiger partial charge in [-0.05, 0) is 45.2 Å². The second-order valence-electron chi connectivity index (χ2n) is 7.08. The van der Waals surface area contributed by atoms with Crippen molar-refractivity contribution in [2.75, 3.05) is 25.5 Å². The van der Waals surface area contributed by atoms with Crippen LogP contribution in [0.1, 0.15) is 36.2 Å². The predicted molar refractivity (Wildman–Crippen MR) is 101 cm³/mol. The minimum atomic E-state index is 0.0126. The van der Waals surface area contributed by atoms with Gasteiger partial charge < -0.3 is 9.88 Å². The number of nitrogens with one attached hydrogen (secondary N) is 1. The molecule has 0 bridgehead atoms. The topological polar surface area (TPSA) is 63.1 Å². The minimum Gasteiger partial charge on any atom is -0.338 e. The third-order valence-electron chi connectivity index (χ3n) is 4.71. The number of amides is 1. The summed E-state index contributed by atoms with van der Waals surface area (Å²) < 4.78 is 2.04. The van der Waals surface area contributed by atoms with Crippen LogP contribution in [0.4, 0.5) is 5.13 Å². The van der Waals surface area contributed by atoms with Crippen molar-refractivity contribution in [1.82, 2.24) is 19.4 Å². The van der Waals surface area contributed by atoms with Crippen LogP contribution in [-0.2, 0) is 31.1 Å². The Kier molecular flexibility index (Phi) is 5.86. The molecule has 2 aromatic rings. The molecule has 136 valence electrons. The van der Waals surface area contributed by atoms with E-state index in [1.807, 2.05) is 36.0 Å². The maximum absolute atomic E-state index is 12.2. The maximum atomic E-state index is 12.2. The van der Waals surface area contributed by atoms with Gasteiger partial charge >= 0.3 is 0 Å². The number of nitrogens with zero attached hydrogens (tertiary/aromatic N) is 4. The lowest BCUT2D eigenvalue weighted by molar-refractivity contribution is -0.117. The van der Waals surface area contributed by atoms with E-state index in [-0.39, 0.29) is 5.91 Å². The molecule has 1 amide bonds. The molecule has 0 saturated carbocycles. The lowest BCUT2D eigenvalue weighted by atomic mass is 9.93. The minimum absolute atomic E-state index is 0.0126. The van der Waals surface area contributed by atoms with Crippen LogP contribution < -0.4 is 5.32 Å². The molecule has 6 nitrogen and oxygen atoms in total. The molecule has 0 saturated heterocycles. The molecular formula is C18H27N5OS. The fourth-order valence-electron chi connectivity index (χ4n) is 3.22. The average Bonchev–Trinajstić information content (AvgIpc) is 3.12. The lowest BCUT2D eigenvalue weighted by Crippen LogP contribution is -2.31. The van der Waals surface area contributed by atoms with Crippen molar-refractivity contribution in [3.63, 3.8) is 0 Å². The van der Waals surface area contributed by atoms with Gasteiger partial charge in [0.25, 0.3) is 0 Å². The molecule has 1 unspecified atom stereocenters. The lowest BCUT2D eigenvalue weighted by Gasteiger charge is -2.15. The molecule has 7 heteroatoms. The number of rotatable bonds is 7. The van der Waals surface area contributed by atoms with Gasteiger partial charge in [-0.2, -0.15) is 0 Å². The van der Waals surface area contributed by atoms with Crippen LogP contribution in [0.25, 0.3) is 0 Å². The molecule has 2 heterocycles. The highest BCUT2D eigenvalue weighted by Crippen LogP contribution is 2.31. The normalized spacial score (nSPS) is 16.9. The molecule has 1 N–H and O–H groups in total. The Labute approximate surface area is 153 Å². The number of likely N-dealkylation sites (N-methyl/N-ethyl adjacent to an activating group) is 1. The van der Waals surface area contributed by atoms with Crippen molar-refractivity contribution >= 4 is 22.4 Å². The average molecular weight is 362 g/mol. The molecule has 0 radical (unpaired) electrons. The van der Waals surface area contributed by atoms with E-state index in [1.54, 1.807) is 11.3 Å². The van der Waals surface area contributed by atoms with Crippen LogP contribution in [0.3, 0.4) is 0 Å². The Morgan fingerprint density at radius 3 is 3.12 bits per heavy atom. The van der Waals surface area contributed by atoms with E-state index < -0.39 is 0 Å². The molecule has 2 aromatic heterocycles. The number of imidazole rings is 1. The first-order valence-electron chi connectivity index (χ1n) is 8.94. The van der Waals surface area contributed by atoms with Gasteiger partial charge in [0.2, 0.25) is 5.91 Å². The molecule has 1 atom stereocenters. The molecular weight excluding hydrogens is 334 g/mol. The summed E-state index contributed by atoms with van der Waals surface area (Å²) in [6, 6.07) is 0. The molecule has 0 fully saturated rings. The fourth-order valence-corrected chi connectivity index (χ4v) is 4.41. The van der Waals surface area contributed by atoms with Crippen molar-refractivity contribution in [3.8, 4) is 0 Å². The Bertz CT molecular complexity index is 723. The van der Waals surface area contributed by atoms with Gasteiger partial charge in [0.05, 0.1) is 12.2 Å². The van der Waals surface area contributed by atoms with Crippen LogP contribution in [0, 0.1) is 5.92 Å². The first-order valence-corrected chi connectivity index (χ1v) is 9.76. The monoisotopic (exact) mass is 361 g/mol. The standard InChI is InChI=1S/C18H27N5OS/c1-13-6-7-14-15(11-13)25-18(20-14)21-17(24)12-22(2)9-4-5-16-19-8-10-23(16)3/h8,10,13H,4-7,9,11-12H2,1-3H3,(H,20,21,24). The van der Waals surface area contributed by atoms with Gasteiger partial charge in [0.15, 0.2) is 5.13 Å². The smallest absolute Gasteiger partial charge is 0.240 e. The van der Waals surface area contributed by atoms with Crippen molar-refractivity contribution in [3.05, 3.63) is 28.8 Å². The van der Waals surface area contributed by atoms with E-state index >= 15 is 0 Å². The van der Waals surface area contributed by atoms with E-state index in [1.165, 1.54) is 17.0 Å². The summed E-state index contributed by atoms with van der Waals surface area (Å²) in [6.07, 6.45) is 9.02. The summed E-state index contributed by atoms with van der Waals surface area (Å²) in [5.74, 6) is 1.82. The van der Waals surface area contributed by atoms with E-state index in [9.17, 15) is 4.79 Å². The van der Waals surface area contributed by atoms with Crippen LogP contribution >= 0.6 is 11.3 Å². The third-order valence-corrected chi connectivity index (χ3v) is 5.74. The number of aromatic nitrogens is 3. The molecule has 0 spiro atoms. The van der Waals surface area contributed by atoms with Crippen LogP contribution in [0.15, 0.2) is 12.4 Å². The van der Waals surface area contributed by atoms with E-state index in [0.717, 1.165) is 49.1 Å². The molecule has 1 aliphatic rings. The number of aryl methyl sites for hydroxylation is 3. The number of anilines is 1. The predicted octanol–water partition coefficient (Wildman–Crippen LogP) is 2.50. The summed E-state index contributed by atoms with van der Waals surface area (Å²) in [4.78, 5) is 24.6. The van der Waals surface area contributed by atoms with E-state index in [2.05, 4.69) is 22.2 Å². The molecule has 25 heavy (non-hydrogen) atoms. The number of thiazole rings is 1. The number of carbonyl (C=O) groups is 1. The van der Waals surface area contributed by atoms with Crippen molar-refractivity contribution in [1.29, 1.82) is 0 Å². The number of carbonyl (C=O) groups excluding carboxylic acids is 1. The van der Waals surface area contributed by atoms with Crippen LogP contribution in [0.2, 0.25) is 0 Å². The second-order valence-corrected chi connectivity index (χ2v) is 8.16. The molecule has 3 rings (SSSR count). The zero-order valence-corrected chi connectivity index (χ0v) is 16.1. The Morgan fingerprint density at radius 2 is 2.36 bits per heavy atom. The third kappa shape index (κ3) is 4.89. The second kappa shape index (κ2) is 8.10. The quantitative estimate of drug-likeness (QED) is 0.823. The van der Waals surface area contributed by atoms with Gasteiger partial charge in [-0.15, -0.1) is 11.3 Å². The Hall–Kier alpha value is -1.73. The Balaban J connectivity index is 1.42. The molecule has 1 aliphatic carbocycles. The number of hydrogen-bond acceptors (Lipinski definition) is 5. The molecule has 0 aliphatic heterocycles. The van der Waals surface area contributed by atoms with Gasteiger partial charge in [-0.25, -0.2) is 9.97 Å². The van der Waals surface area contributed by atoms with Gasteiger partial charge in [-0.1, -0.05) is 6.92 Å². The zero-order chi connectivity index (χ0) is 17.8. The van der Waals surface area contributed by atoms with E-state index in [4.69, 9.17) is 0 Å². The SMILES string of the molecule is CC1CCc2nc(NC(=O)CN(C)CCCc3nccn3C)sc2C1. The highest BCUT2D eigenvalue weighted by atomic mass is 32.1. The largest absolute Gasteiger partial charge is 0.338 e. The maximum Gasteiger partial charge on any atom is 0.240 e. The zero-order valence-electron chi connectivity index (χ0n) is 15.3. The number of hydrogen-bond donors (Lipinski definition) is 1. The van der Waals surface area contributed by atoms with Crippen molar-refractivity contribution in [2.24, 2.45) is 13.0 Å². The van der Waals surface area contributed by atoms with Gasteiger partial charge in [0.1, 0.15) is 5.82 Å². The summed E-state index contributed by atoms with van der Waals surface area (Å²) >= 11 is 1.64. The van der Waals surface area contributed by atoms with Gasteiger partial charge in [0, 0.05) is 30.7 Å². The highest BCUT2D eigenvalue weighted by molar-refractivity contribution is 7.15. The highest BCUT2D eigenvalue weighted by Gasteiger charge is 2.20. The van der Waals surface area contributed by atoms with E-state index in [0.29, 0.717) is 6.54 Å². The van der Waals surface area contributed by atoms with Crippen LogP contribution in [0.5, 0.6) is 0 Å². The van der Waals surface area contributed by atoms with Crippen LogP contribution in [-0.4, -0.2) is 45.5 Å². The first-order chi connectivity index (χ1) is 12.0. The molecule has 0 aromatic carbocycles. The van der Waals surface area contributed by atoms with Crippen molar-refractivity contribution in [2.45, 2.75) is 39.0 Å². The summed E-state index contributed by atoms with van der Waals surface area (Å²) in [5.41, 5.74) is 1.18.